The van der Waals surface area contributed by atoms with Gasteiger partial charge < -0.3 is 19.5 Å². The Morgan fingerprint density at radius 1 is 1.35 bits per heavy atom. The number of hydrogen-bond donors (Lipinski definition) is 1. The lowest BCUT2D eigenvalue weighted by Gasteiger charge is -2.35. The van der Waals surface area contributed by atoms with E-state index in [0.717, 1.165) is 36.6 Å². The molecule has 1 N–H and O–H groups in total. The zero-order valence-corrected chi connectivity index (χ0v) is 16.1. The van der Waals surface area contributed by atoms with Crippen molar-refractivity contribution in [3.05, 3.63) is 41.0 Å². The third kappa shape index (κ3) is 3.72. The van der Waals surface area contributed by atoms with Gasteiger partial charge in [0.15, 0.2) is 0 Å². The van der Waals surface area contributed by atoms with Crippen molar-refractivity contribution in [2.24, 2.45) is 7.05 Å². The third-order valence-electron chi connectivity index (χ3n) is 4.89. The van der Waals surface area contributed by atoms with Crippen LogP contribution in [0.5, 0.6) is 5.75 Å². The summed E-state index contributed by atoms with van der Waals surface area (Å²) in [6.07, 6.45) is 1.77. The monoisotopic (exact) mass is 357 g/mol. The Bertz CT molecular complexity index is 793. The number of nitrogens with one attached hydrogen (secondary N) is 1. The summed E-state index contributed by atoms with van der Waals surface area (Å²) in [5.41, 5.74) is 1.62. The highest BCUT2D eigenvalue weighted by Crippen LogP contribution is 2.36. The average molecular weight is 357 g/mol. The number of hydrogen-bond acceptors (Lipinski definition) is 5. The standard InChI is InChI=1S/C19H27N5O2/c1-12-6-7-16(26-5)15(8-12)19(25)20-14-9-13(10-14)18-22-21-17(24(18)4)11-23(2)3/h6-8,13-14H,9-11H2,1-5H3,(H,20,25). The quantitative estimate of drug-likeness (QED) is 0.854. The fraction of sp³-hybridized carbons (Fsp3) is 0.526. The topological polar surface area (TPSA) is 72.3 Å². The van der Waals surface area contributed by atoms with Crippen LogP contribution in [0.1, 0.15) is 46.3 Å². The van der Waals surface area contributed by atoms with Crippen molar-refractivity contribution in [3.8, 4) is 5.75 Å². The van der Waals surface area contributed by atoms with Crippen molar-refractivity contribution >= 4 is 5.91 Å². The number of carbonyl (C=O) groups is 1. The summed E-state index contributed by atoms with van der Waals surface area (Å²) < 4.78 is 7.38. The number of benzene rings is 1. The van der Waals surface area contributed by atoms with Crippen LogP contribution in [0.3, 0.4) is 0 Å². The van der Waals surface area contributed by atoms with Crippen LogP contribution >= 0.6 is 0 Å². The maximum atomic E-state index is 12.6. The molecule has 1 saturated carbocycles. The molecule has 7 nitrogen and oxygen atoms in total. The Hall–Kier alpha value is -2.41. The predicted molar refractivity (Wildman–Crippen MR) is 99.4 cm³/mol. The van der Waals surface area contributed by atoms with Gasteiger partial charge in [-0.05, 0) is 46.0 Å². The molecule has 1 aliphatic rings. The number of methoxy groups -OCH3 is 1. The van der Waals surface area contributed by atoms with Gasteiger partial charge >= 0.3 is 0 Å². The van der Waals surface area contributed by atoms with Crippen molar-refractivity contribution in [1.29, 1.82) is 0 Å². The average Bonchev–Trinajstić information content (AvgIpc) is 2.90. The van der Waals surface area contributed by atoms with Crippen LogP contribution in [0.4, 0.5) is 0 Å². The van der Waals surface area contributed by atoms with Crippen molar-refractivity contribution < 1.29 is 9.53 Å². The highest BCUT2D eigenvalue weighted by atomic mass is 16.5. The summed E-state index contributed by atoms with van der Waals surface area (Å²) in [6.45, 7) is 2.73. The summed E-state index contributed by atoms with van der Waals surface area (Å²) in [7, 11) is 7.63. The molecule has 0 bridgehead atoms. The van der Waals surface area contributed by atoms with Gasteiger partial charge in [-0.3, -0.25) is 4.79 Å². The van der Waals surface area contributed by atoms with Gasteiger partial charge in [-0.2, -0.15) is 0 Å². The highest BCUT2D eigenvalue weighted by molar-refractivity contribution is 5.97. The molecular formula is C19H27N5O2. The van der Waals surface area contributed by atoms with Crippen molar-refractivity contribution in [3.63, 3.8) is 0 Å². The zero-order chi connectivity index (χ0) is 18.8. The Morgan fingerprint density at radius 2 is 2.08 bits per heavy atom. The lowest BCUT2D eigenvalue weighted by atomic mass is 9.79. The molecule has 1 aromatic carbocycles. The van der Waals surface area contributed by atoms with Crippen LogP contribution in [0.15, 0.2) is 18.2 Å². The Kier molecular flexibility index (Phi) is 5.27. The number of amides is 1. The summed E-state index contributed by atoms with van der Waals surface area (Å²) in [5, 5.41) is 11.8. The molecule has 1 aromatic heterocycles. The van der Waals surface area contributed by atoms with Gasteiger partial charge in [0.25, 0.3) is 5.91 Å². The first kappa shape index (κ1) is 18.4. The van der Waals surface area contributed by atoms with Crippen LogP contribution in [0.2, 0.25) is 0 Å². The molecule has 1 aliphatic carbocycles. The molecule has 7 heteroatoms. The summed E-state index contributed by atoms with van der Waals surface area (Å²) in [5.74, 6) is 2.82. The maximum absolute atomic E-state index is 12.6. The molecule has 0 saturated heterocycles. The lowest BCUT2D eigenvalue weighted by molar-refractivity contribution is 0.0903. The van der Waals surface area contributed by atoms with Crippen molar-refractivity contribution in [2.75, 3.05) is 21.2 Å². The second-order valence-electron chi connectivity index (χ2n) is 7.31. The van der Waals surface area contributed by atoms with E-state index in [-0.39, 0.29) is 11.9 Å². The van der Waals surface area contributed by atoms with E-state index in [1.807, 2.05) is 46.3 Å². The van der Waals surface area contributed by atoms with Crippen LogP contribution in [-0.4, -0.2) is 52.8 Å². The molecule has 2 aromatic rings. The van der Waals surface area contributed by atoms with E-state index in [1.165, 1.54) is 0 Å². The highest BCUT2D eigenvalue weighted by Gasteiger charge is 2.35. The molecule has 3 rings (SSSR count). The number of nitrogens with zero attached hydrogens (tertiary/aromatic N) is 4. The van der Waals surface area contributed by atoms with Crippen LogP contribution in [0, 0.1) is 6.92 Å². The van der Waals surface area contributed by atoms with E-state index < -0.39 is 0 Å². The van der Waals surface area contributed by atoms with E-state index in [9.17, 15) is 4.79 Å². The number of carbonyl (C=O) groups excluding carboxylic acids is 1. The smallest absolute Gasteiger partial charge is 0.255 e. The van der Waals surface area contributed by atoms with Gasteiger partial charge in [0.2, 0.25) is 0 Å². The van der Waals surface area contributed by atoms with Crippen LogP contribution in [0.25, 0.3) is 0 Å². The first-order valence-electron chi connectivity index (χ1n) is 8.87. The molecule has 1 heterocycles. The Morgan fingerprint density at radius 3 is 2.73 bits per heavy atom. The number of ether oxygens (including phenoxy) is 1. The van der Waals surface area contributed by atoms with Crippen LogP contribution < -0.4 is 10.1 Å². The van der Waals surface area contributed by atoms with Gasteiger partial charge in [-0.25, -0.2) is 0 Å². The molecule has 1 amide bonds. The van der Waals surface area contributed by atoms with Gasteiger partial charge in [0, 0.05) is 19.0 Å². The Balaban J connectivity index is 1.60. The number of rotatable bonds is 6. The first-order valence-corrected chi connectivity index (χ1v) is 8.87. The molecule has 26 heavy (non-hydrogen) atoms. The van der Waals surface area contributed by atoms with Gasteiger partial charge in [0.05, 0.1) is 19.2 Å². The molecule has 0 atom stereocenters. The summed E-state index contributed by atoms with van der Waals surface area (Å²) in [4.78, 5) is 14.7. The van der Waals surface area contributed by atoms with Gasteiger partial charge in [-0.1, -0.05) is 11.6 Å². The lowest BCUT2D eigenvalue weighted by Crippen LogP contribution is -2.44. The Labute approximate surface area is 154 Å². The van der Waals surface area contributed by atoms with Gasteiger partial charge in [0.1, 0.15) is 17.4 Å². The molecule has 0 aliphatic heterocycles. The third-order valence-corrected chi connectivity index (χ3v) is 4.89. The van der Waals surface area contributed by atoms with Crippen molar-refractivity contribution in [2.45, 2.75) is 38.3 Å². The molecule has 0 radical (unpaired) electrons. The molecular weight excluding hydrogens is 330 g/mol. The van der Waals surface area contributed by atoms with Crippen molar-refractivity contribution in [1.82, 2.24) is 25.0 Å². The minimum absolute atomic E-state index is 0.0831. The van der Waals surface area contributed by atoms with E-state index >= 15 is 0 Å². The normalized spacial score (nSPS) is 19.3. The first-order chi connectivity index (χ1) is 12.4. The van der Waals surface area contributed by atoms with E-state index in [4.69, 9.17) is 4.74 Å². The minimum atomic E-state index is -0.0831. The zero-order valence-electron chi connectivity index (χ0n) is 16.1. The molecule has 140 valence electrons. The van der Waals surface area contributed by atoms with Gasteiger partial charge in [-0.15, -0.1) is 10.2 Å². The number of aromatic nitrogens is 3. The fourth-order valence-corrected chi connectivity index (χ4v) is 3.36. The number of aryl methyl sites for hydroxylation is 1. The fourth-order valence-electron chi connectivity index (χ4n) is 3.36. The second kappa shape index (κ2) is 7.45. The molecule has 0 unspecified atom stereocenters. The molecule has 0 spiro atoms. The van der Waals surface area contributed by atoms with E-state index in [0.29, 0.717) is 17.2 Å². The van der Waals surface area contributed by atoms with Crippen LogP contribution in [-0.2, 0) is 13.6 Å². The second-order valence-corrected chi connectivity index (χ2v) is 7.31. The maximum Gasteiger partial charge on any atom is 0.255 e. The largest absolute Gasteiger partial charge is 0.496 e. The minimum Gasteiger partial charge on any atom is -0.496 e. The summed E-state index contributed by atoms with van der Waals surface area (Å²) >= 11 is 0. The van der Waals surface area contributed by atoms with E-state index in [1.54, 1.807) is 7.11 Å². The SMILES string of the molecule is COc1ccc(C)cc1C(=O)NC1CC(c2nnc(CN(C)C)n2C)C1. The van der Waals surface area contributed by atoms with E-state index in [2.05, 4.69) is 25.0 Å². The predicted octanol–water partition coefficient (Wildman–Crippen LogP) is 1.87. The molecule has 1 fully saturated rings. The summed E-state index contributed by atoms with van der Waals surface area (Å²) in [6, 6.07) is 5.79.